The summed E-state index contributed by atoms with van der Waals surface area (Å²) in [6, 6.07) is 24.7. The van der Waals surface area contributed by atoms with Gasteiger partial charge in [0.15, 0.2) is 0 Å². The molecule has 0 spiro atoms. The predicted molar refractivity (Wildman–Crippen MR) is 133 cm³/mol. The van der Waals surface area contributed by atoms with Crippen LogP contribution in [0.2, 0.25) is 0 Å². The Balaban J connectivity index is 1.44. The molecule has 0 bridgehead atoms. The molecule has 4 aromatic rings. The first-order valence-corrected chi connectivity index (χ1v) is 12.6. The Hall–Kier alpha value is -3.31. The number of thiophene rings is 1. The molecule has 2 aromatic carbocycles. The minimum absolute atomic E-state index is 0.0240. The van der Waals surface area contributed by atoms with Crippen molar-refractivity contribution in [2.75, 3.05) is 0 Å². The molecule has 2 aliphatic rings. The van der Waals surface area contributed by atoms with Gasteiger partial charge in [-0.15, -0.1) is 11.3 Å². The van der Waals surface area contributed by atoms with E-state index in [-0.39, 0.29) is 12.1 Å². The van der Waals surface area contributed by atoms with Crippen LogP contribution in [-0.4, -0.2) is 15.5 Å². The van der Waals surface area contributed by atoms with E-state index in [1.165, 1.54) is 33.8 Å². The molecular weight excluding hydrogens is 426 g/mol. The van der Waals surface area contributed by atoms with Crippen LogP contribution < -0.4 is 5.32 Å². The van der Waals surface area contributed by atoms with E-state index in [0.717, 1.165) is 29.7 Å². The Morgan fingerprint density at radius 3 is 2.48 bits per heavy atom. The normalized spacial score (nSPS) is 17.0. The van der Waals surface area contributed by atoms with Crippen molar-refractivity contribution in [2.45, 2.75) is 44.8 Å². The van der Waals surface area contributed by atoms with E-state index in [2.05, 4.69) is 64.6 Å². The van der Waals surface area contributed by atoms with Crippen LogP contribution >= 0.6 is 11.3 Å². The molecule has 0 fully saturated rings. The van der Waals surface area contributed by atoms with Gasteiger partial charge in [-0.1, -0.05) is 60.7 Å². The predicted octanol–water partition coefficient (Wildman–Crippen LogP) is 6.23. The summed E-state index contributed by atoms with van der Waals surface area (Å²) in [6.45, 7) is 1.15. The summed E-state index contributed by atoms with van der Waals surface area (Å²) < 4.78 is 2.33. The second-order valence-corrected chi connectivity index (χ2v) is 9.97. The van der Waals surface area contributed by atoms with Gasteiger partial charge in [0.25, 0.3) is 0 Å². The smallest absolute Gasteiger partial charge is 0.318 e. The third-order valence-electron chi connectivity index (χ3n) is 6.84. The minimum Gasteiger partial charge on any atom is -0.334 e. The molecule has 0 saturated carbocycles. The average Bonchev–Trinajstić information content (AvgIpc) is 3.45. The maximum absolute atomic E-state index is 13.7. The molecule has 1 aliphatic heterocycles. The monoisotopic (exact) mass is 453 g/mol. The largest absolute Gasteiger partial charge is 0.334 e. The van der Waals surface area contributed by atoms with Gasteiger partial charge in [-0.3, -0.25) is 0 Å². The summed E-state index contributed by atoms with van der Waals surface area (Å²) in [5.41, 5.74) is 6.20. The fourth-order valence-electron chi connectivity index (χ4n) is 5.25. The number of nitrogens with one attached hydrogen (secondary N) is 1. The highest BCUT2D eigenvalue weighted by Gasteiger charge is 2.35. The number of benzene rings is 2. The van der Waals surface area contributed by atoms with Crippen LogP contribution in [0, 0.1) is 0 Å². The van der Waals surface area contributed by atoms with Crippen molar-refractivity contribution in [1.29, 1.82) is 0 Å². The standard InChI is InChI=1S/C28H27N3OS/c32-28(29-18-20-10-3-1-4-11-20)31-19-23-22-14-7-8-16-25(22)33-27(23)30-17-9-15-24(30)26(31)21-12-5-2-6-13-21/h1-6,9-13,15,17,26H,7-8,14,16,18-19H2,(H,29,32)/t26-/m1/s1. The maximum Gasteiger partial charge on any atom is 0.318 e. The molecule has 1 N–H and O–H groups in total. The van der Waals surface area contributed by atoms with Crippen molar-refractivity contribution in [3.8, 4) is 5.00 Å². The molecule has 1 aliphatic carbocycles. The molecule has 6 rings (SSSR count). The summed E-state index contributed by atoms with van der Waals surface area (Å²) in [5.74, 6) is 0. The zero-order chi connectivity index (χ0) is 22.2. The number of fused-ring (bicyclic) bond motifs is 5. The first-order chi connectivity index (χ1) is 16.3. The summed E-state index contributed by atoms with van der Waals surface area (Å²) in [6.07, 6.45) is 6.94. The van der Waals surface area contributed by atoms with Crippen molar-refractivity contribution < 1.29 is 4.79 Å². The molecule has 2 amide bonds. The van der Waals surface area contributed by atoms with Crippen molar-refractivity contribution in [3.05, 3.63) is 112 Å². The van der Waals surface area contributed by atoms with Gasteiger partial charge in [0.05, 0.1) is 18.3 Å². The van der Waals surface area contributed by atoms with E-state index >= 15 is 0 Å². The highest BCUT2D eigenvalue weighted by atomic mass is 32.1. The molecule has 4 nitrogen and oxygen atoms in total. The average molecular weight is 454 g/mol. The molecule has 166 valence electrons. The zero-order valence-electron chi connectivity index (χ0n) is 18.5. The van der Waals surface area contributed by atoms with E-state index < -0.39 is 0 Å². The number of rotatable bonds is 3. The third-order valence-corrected chi connectivity index (χ3v) is 8.17. The van der Waals surface area contributed by atoms with Crippen LogP contribution in [0.25, 0.3) is 5.00 Å². The van der Waals surface area contributed by atoms with Crippen molar-refractivity contribution in [1.82, 2.24) is 14.8 Å². The fraction of sp³-hybridized carbons (Fsp3) is 0.250. The highest BCUT2D eigenvalue weighted by Crippen LogP contribution is 2.43. The first-order valence-electron chi connectivity index (χ1n) is 11.7. The lowest BCUT2D eigenvalue weighted by atomic mass is 9.95. The second-order valence-electron chi connectivity index (χ2n) is 8.88. The van der Waals surface area contributed by atoms with Gasteiger partial charge in [-0.25, -0.2) is 4.79 Å². The highest BCUT2D eigenvalue weighted by molar-refractivity contribution is 7.15. The van der Waals surface area contributed by atoms with Gasteiger partial charge in [0.2, 0.25) is 0 Å². The summed E-state index contributed by atoms with van der Waals surface area (Å²) in [5, 5.41) is 4.50. The molecular formula is C28H27N3OS. The minimum atomic E-state index is -0.143. The Labute approximate surface area is 198 Å². The Morgan fingerprint density at radius 2 is 1.67 bits per heavy atom. The van der Waals surface area contributed by atoms with Crippen LogP contribution in [0.5, 0.6) is 0 Å². The van der Waals surface area contributed by atoms with E-state index in [4.69, 9.17) is 0 Å². The summed E-state index contributed by atoms with van der Waals surface area (Å²) in [4.78, 5) is 17.3. The van der Waals surface area contributed by atoms with Crippen LogP contribution in [0.3, 0.4) is 0 Å². The van der Waals surface area contributed by atoms with Crippen LogP contribution in [-0.2, 0) is 25.9 Å². The third kappa shape index (κ3) is 3.66. The Morgan fingerprint density at radius 1 is 0.909 bits per heavy atom. The molecule has 3 heterocycles. The number of aromatic nitrogens is 1. The van der Waals surface area contributed by atoms with E-state index in [9.17, 15) is 4.79 Å². The van der Waals surface area contributed by atoms with Gasteiger partial charge in [-0.05, 0) is 54.5 Å². The lowest BCUT2D eigenvalue weighted by Crippen LogP contribution is -2.41. The maximum atomic E-state index is 13.7. The van der Waals surface area contributed by atoms with Crippen LogP contribution in [0.4, 0.5) is 4.79 Å². The van der Waals surface area contributed by atoms with E-state index in [1.807, 2.05) is 40.5 Å². The van der Waals surface area contributed by atoms with Gasteiger partial charge in [-0.2, -0.15) is 0 Å². The number of carbonyl (C=O) groups is 1. The van der Waals surface area contributed by atoms with Gasteiger partial charge >= 0.3 is 6.03 Å². The Bertz CT molecular complexity index is 1280. The molecule has 5 heteroatoms. The van der Waals surface area contributed by atoms with E-state index in [0.29, 0.717) is 13.1 Å². The number of hydrogen-bond acceptors (Lipinski definition) is 2. The van der Waals surface area contributed by atoms with Gasteiger partial charge in [0.1, 0.15) is 5.00 Å². The number of nitrogens with zero attached hydrogens (tertiary/aromatic N) is 2. The topological polar surface area (TPSA) is 37.3 Å². The lowest BCUT2D eigenvalue weighted by Gasteiger charge is -2.31. The van der Waals surface area contributed by atoms with Crippen LogP contribution in [0.1, 0.15) is 51.7 Å². The number of aryl methyl sites for hydroxylation is 1. The van der Waals surface area contributed by atoms with Crippen LogP contribution in [0.15, 0.2) is 79.0 Å². The number of carbonyl (C=O) groups excluding carboxylic acids is 1. The molecule has 1 atom stereocenters. The second kappa shape index (κ2) is 8.56. The van der Waals surface area contributed by atoms with E-state index in [1.54, 1.807) is 0 Å². The number of urea groups is 1. The van der Waals surface area contributed by atoms with Crippen molar-refractivity contribution in [2.24, 2.45) is 0 Å². The molecule has 33 heavy (non-hydrogen) atoms. The fourth-order valence-corrected chi connectivity index (χ4v) is 6.65. The number of amides is 2. The quantitative estimate of drug-likeness (QED) is 0.392. The molecule has 0 saturated heterocycles. The van der Waals surface area contributed by atoms with Crippen molar-refractivity contribution in [3.63, 3.8) is 0 Å². The van der Waals surface area contributed by atoms with Crippen molar-refractivity contribution >= 4 is 17.4 Å². The SMILES string of the molecule is O=C(NCc1ccccc1)N1Cc2c(sc3c2CCCC3)-n2cccc2[C@H]1c1ccccc1. The first kappa shape index (κ1) is 20.3. The summed E-state index contributed by atoms with van der Waals surface area (Å²) >= 11 is 1.92. The summed E-state index contributed by atoms with van der Waals surface area (Å²) in [7, 11) is 0. The van der Waals surface area contributed by atoms with Gasteiger partial charge in [0, 0.05) is 23.2 Å². The lowest BCUT2D eigenvalue weighted by molar-refractivity contribution is 0.180. The molecule has 0 unspecified atom stereocenters. The molecule has 0 radical (unpaired) electrons. The Kier molecular flexibility index (Phi) is 5.27. The van der Waals surface area contributed by atoms with Gasteiger partial charge < -0.3 is 14.8 Å². The number of hydrogen-bond donors (Lipinski definition) is 1. The molecule has 2 aromatic heterocycles. The zero-order valence-corrected chi connectivity index (χ0v) is 19.4.